The Morgan fingerprint density at radius 3 is 1.98 bits per heavy atom. The molecule has 3 heterocycles. The molecule has 5 nitrogen and oxygen atoms in total. The molecule has 2 aliphatic rings. The normalized spacial score (nSPS) is 20.0. The molecule has 7 aromatic rings. The van der Waals surface area contributed by atoms with Crippen LogP contribution in [0.4, 0.5) is 0 Å². The molecule has 1 aliphatic carbocycles. The van der Waals surface area contributed by atoms with E-state index < -0.39 is 17.5 Å². The zero-order valence-corrected chi connectivity index (χ0v) is 41.9. The lowest BCUT2D eigenvalue weighted by Gasteiger charge is -2.44. The summed E-state index contributed by atoms with van der Waals surface area (Å²) in [5.74, 6) is 1.85. The molecule has 0 spiro atoms. The Labute approximate surface area is 391 Å². The van der Waals surface area contributed by atoms with Crippen LogP contribution in [0, 0.1) is 41.5 Å². The number of rotatable bonds is 5. The molecular formula is C60H69N3O2. The summed E-state index contributed by atoms with van der Waals surface area (Å²) in [5.41, 5.74) is 15.8. The lowest BCUT2D eigenvalue weighted by Crippen LogP contribution is -2.48. The Morgan fingerprint density at radius 1 is 0.662 bits per heavy atom. The van der Waals surface area contributed by atoms with Crippen molar-refractivity contribution >= 4 is 27.8 Å². The van der Waals surface area contributed by atoms with E-state index in [4.69, 9.17) is 19.5 Å². The van der Waals surface area contributed by atoms with Crippen LogP contribution < -0.4 is 4.74 Å². The highest BCUT2D eigenvalue weighted by Gasteiger charge is 2.57. The van der Waals surface area contributed by atoms with Crippen molar-refractivity contribution in [2.24, 2.45) is 4.99 Å². The second-order valence-electron chi connectivity index (χ2n) is 22.8. The largest absolute Gasteiger partial charge is 0.464 e. The number of pyridine rings is 1. The second kappa shape index (κ2) is 14.9. The minimum atomic E-state index is -1.62. The maximum Gasteiger partial charge on any atom is 0.217 e. The zero-order valence-electron chi connectivity index (χ0n) is 43.9. The first-order valence-corrected chi connectivity index (χ1v) is 23.4. The van der Waals surface area contributed by atoms with Crippen molar-refractivity contribution in [1.29, 1.82) is 0 Å². The molecule has 65 heavy (non-hydrogen) atoms. The highest BCUT2D eigenvalue weighted by Crippen LogP contribution is 2.54. The van der Waals surface area contributed by atoms with E-state index in [1.165, 1.54) is 33.2 Å². The Bertz CT molecular complexity index is 3220. The molecule has 0 N–H and O–H groups in total. The predicted octanol–water partition coefficient (Wildman–Crippen LogP) is 15.8. The molecule has 2 atom stereocenters. The highest BCUT2D eigenvalue weighted by molar-refractivity contribution is 6.08. The molecule has 0 fully saturated rings. The molecule has 0 bridgehead atoms. The van der Waals surface area contributed by atoms with Gasteiger partial charge in [-0.15, -0.1) is 0 Å². The van der Waals surface area contributed by atoms with E-state index in [-0.39, 0.29) is 22.7 Å². The van der Waals surface area contributed by atoms with Gasteiger partial charge in [0.1, 0.15) is 22.7 Å². The summed E-state index contributed by atoms with van der Waals surface area (Å²) < 4.78 is 35.9. The van der Waals surface area contributed by atoms with Crippen molar-refractivity contribution in [3.63, 3.8) is 0 Å². The van der Waals surface area contributed by atoms with Crippen molar-refractivity contribution < 1.29 is 12.2 Å². The van der Waals surface area contributed by atoms with E-state index in [2.05, 4.69) is 195 Å². The Hall–Kier alpha value is -5.68. The van der Waals surface area contributed by atoms with Crippen molar-refractivity contribution in [3.05, 3.63) is 152 Å². The third-order valence-electron chi connectivity index (χ3n) is 14.3. The summed E-state index contributed by atoms with van der Waals surface area (Å²) in [6.45, 7) is 37.1. The zero-order chi connectivity index (χ0) is 48.7. The van der Waals surface area contributed by atoms with Crippen LogP contribution in [0.1, 0.15) is 152 Å². The Morgan fingerprint density at radius 2 is 1.32 bits per heavy atom. The predicted molar refractivity (Wildman–Crippen MR) is 273 cm³/mol. The van der Waals surface area contributed by atoms with Crippen molar-refractivity contribution in [2.45, 2.75) is 158 Å². The first-order chi connectivity index (χ1) is 31.0. The standard InChI is InChI=1S/C60H69N3O2/c1-34-22-36(3)52(37(4)23-34)40-26-41(55-62-59(16)21-20-47-39(6)53(58(13,14)15)38(5)25-50(47)60(59,17)65-55)28-45(27-40)64-46-30-43(57(10,11)12)29-44(32-46)63-51-19-18-42(56(7,8)9)31-48(51)49-24-35(2)33-61-54(49)63/h18-19,22-33H,20-21H2,1-17H3/t59-,60+/m1/s1/i20D2. The minimum Gasteiger partial charge on any atom is -0.464 e. The van der Waals surface area contributed by atoms with Gasteiger partial charge in [-0.2, -0.15) is 0 Å². The molecule has 336 valence electrons. The molecule has 9 rings (SSSR count). The van der Waals surface area contributed by atoms with Crippen LogP contribution in [-0.2, 0) is 33.0 Å². The number of fused-ring (bicyclic) bond motifs is 6. The lowest BCUT2D eigenvalue weighted by atomic mass is 9.65. The van der Waals surface area contributed by atoms with Gasteiger partial charge in [0.15, 0.2) is 5.60 Å². The number of ether oxygens (including phenoxy) is 2. The van der Waals surface area contributed by atoms with Crippen molar-refractivity contribution in [3.8, 4) is 28.3 Å². The Balaban J connectivity index is 1.22. The van der Waals surface area contributed by atoms with Crippen LogP contribution >= 0.6 is 0 Å². The van der Waals surface area contributed by atoms with Crippen molar-refractivity contribution in [2.75, 3.05) is 0 Å². The van der Waals surface area contributed by atoms with Crippen LogP contribution in [0.5, 0.6) is 11.5 Å². The maximum absolute atomic E-state index is 9.60. The molecule has 1 aliphatic heterocycles. The van der Waals surface area contributed by atoms with E-state index >= 15 is 0 Å². The smallest absolute Gasteiger partial charge is 0.217 e. The fourth-order valence-corrected chi connectivity index (χ4v) is 11.0. The van der Waals surface area contributed by atoms with Crippen LogP contribution in [-0.4, -0.2) is 21.0 Å². The van der Waals surface area contributed by atoms with Gasteiger partial charge < -0.3 is 9.47 Å². The summed E-state index contributed by atoms with van der Waals surface area (Å²) in [6.07, 6.45) is 0.528. The lowest BCUT2D eigenvalue weighted by molar-refractivity contribution is 0.0178. The van der Waals surface area contributed by atoms with E-state index in [0.717, 1.165) is 72.3 Å². The van der Waals surface area contributed by atoms with Gasteiger partial charge in [0.25, 0.3) is 0 Å². The first kappa shape index (κ1) is 42.0. The number of aliphatic imine (C=N–C) groups is 1. The van der Waals surface area contributed by atoms with Crippen LogP contribution in [0.25, 0.3) is 38.8 Å². The van der Waals surface area contributed by atoms with E-state index in [0.29, 0.717) is 17.4 Å². The topological polar surface area (TPSA) is 48.6 Å². The molecule has 0 unspecified atom stereocenters. The molecule has 0 amide bonds. The van der Waals surface area contributed by atoms with Crippen LogP contribution in [0.15, 0.2) is 90.1 Å². The van der Waals surface area contributed by atoms with Gasteiger partial charge in [-0.3, -0.25) is 4.57 Å². The molecule has 2 aromatic heterocycles. The summed E-state index contributed by atoms with van der Waals surface area (Å²) in [5, 5.41) is 2.31. The number of hydrogen-bond acceptors (Lipinski definition) is 4. The van der Waals surface area contributed by atoms with Gasteiger partial charge in [-0.25, -0.2) is 9.98 Å². The van der Waals surface area contributed by atoms with Gasteiger partial charge in [0, 0.05) is 36.9 Å². The number of aryl methyl sites for hydroxylation is 5. The second-order valence-corrected chi connectivity index (χ2v) is 22.8. The average Bonchev–Trinajstić information content (AvgIpc) is 3.65. The van der Waals surface area contributed by atoms with Crippen LogP contribution in [0.3, 0.4) is 0 Å². The highest BCUT2D eigenvalue weighted by atomic mass is 16.5. The Kier molecular flexibility index (Phi) is 9.64. The molecule has 5 heteroatoms. The number of benzene rings is 5. The van der Waals surface area contributed by atoms with Gasteiger partial charge >= 0.3 is 0 Å². The van der Waals surface area contributed by atoms with Crippen LogP contribution in [0.2, 0.25) is 0 Å². The molecule has 0 radical (unpaired) electrons. The molecular weight excluding hydrogens is 795 g/mol. The van der Waals surface area contributed by atoms with Crippen molar-refractivity contribution in [1.82, 2.24) is 9.55 Å². The summed E-state index contributed by atoms with van der Waals surface area (Å²) >= 11 is 0. The van der Waals surface area contributed by atoms with E-state index in [9.17, 15) is 2.74 Å². The monoisotopic (exact) mass is 866 g/mol. The summed E-state index contributed by atoms with van der Waals surface area (Å²) in [7, 11) is 0. The van der Waals surface area contributed by atoms with Gasteiger partial charge in [0.2, 0.25) is 5.90 Å². The summed E-state index contributed by atoms with van der Waals surface area (Å²) in [6, 6.07) is 28.7. The van der Waals surface area contributed by atoms with Gasteiger partial charge in [0.05, 0.1) is 11.2 Å². The molecule has 5 aromatic carbocycles. The number of nitrogens with zero attached hydrogens (tertiary/aromatic N) is 3. The quantitative estimate of drug-likeness (QED) is 0.173. The maximum atomic E-state index is 9.60. The summed E-state index contributed by atoms with van der Waals surface area (Å²) in [4.78, 5) is 10.5. The number of hydrogen-bond donors (Lipinski definition) is 0. The molecule has 0 saturated carbocycles. The first-order valence-electron chi connectivity index (χ1n) is 24.4. The average molecular weight is 866 g/mol. The fourth-order valence-electron chi connectivity index (χ4n) is 11.0. The third-order valence-corrected chi connectivity index (χ3v) is 14.3. The molecule has 0 saturated heterocycles. The SMILES string of the molecule is [2H]C1([2H])C[C@@]2(C)N=C(c3cc(Oc4cc(-n5c6ccc(C(C)(C)C)cc6c6cc(C)cnc65)cc(C(C)(C)C)c4)cc(-c4c(C)cc(C)cc4C)c3)O[C@@]2(C)c2cc(C)c(C(C)(C)C)c(C)c21. The minimum absolute atomic E-state index is 0.00875. The van der Waals surface area contributed by atoms with Gasteiger partial charge in [-0.1, -0.05) is 92.1 Å². The van der Waals surface area contributed by atoms with Gasteiger partial charge in [-0.05, 0) is 194 Å². The fraction of sp³-hybridized carbons (Fsp3) is 0.400. The number of aromatic nitrogens is 2. The van der Waals surface area contributed by atoms with E-state index in [1.54, 1.807) is 0 Å². The third kappa shape index (κ3) is 7.47. The van der Waals surface area contributed by atoms with E-state index in [1.807, 2.05) is 12.3 Å².